The van der Waals surface area contributed by atoms with Gasteiger partial charge in [-0.1, -0.05) is 11.6 Å². The molecule has 0 bridgehead atoms. The van der Waals surface area contributed by atoms with Crippen LogP contribution in [0.3, 0.4) is 0 Å². The number of pyridine rings is 2. The maximum absolute atomic E-state index is 11.8. The maximum Gasteiger partial charge on any atom is 0.407 e. The lowest BCUT2D eigenvalue weighted by Gasteiger charge is -2.22. The van der Waals surface area contributed by atoms with Crippen LogP contribution in [0.5, 0.6) is 0 Å². The van der Waals surface area contributed by atoms with Gasteiger partial charge in [0.05, 0.1) is 21.8 Å². The first-order chi connectivity index (χ1) is 21.3. The summed E-state index contributed by atoms with van der Waals surface area (Å²) in [6.45, 7) is 16.2. The van der Waals surface area contributed by atoms with Crippen LogP contribution >= 0.6 is 43.5 Å². The van der Waals surface area contributed by atoms with Gasteiger partial charge in [0.25, 0.3) is 0 Å². The van der Waals surface area contributed by atoms with Crippen LogP contribution < -0.4 is 16.4 Å². The van der Waals surface area contributed by atoms with Crippen LogP contribution in [0.15, 0.2) is 33.7 Å². The van der Waals surface area contributed by atoms with Gasteiger partial charge in [-0.3, -0.25) is 9.36 Å². The van der Waals surface area contributed by atoms with E-state index in [4.69, 9.17) is 26.8 Å². The smallest absolute Gasteiger partial charge is 0.407 e. The Morgan fingerprint density at radius 3 is 1.70 bits per heavy atom. The van der Waals surface area contributed by atoms with Crippen molar-refractivity contribution in [2.45, 2.75) is 105 Å². The van der Waals surface area contributed by atoms with Crippen molar-refractivity contribution in [1.82, 2.24) is 40.2 Å². The van der Waals surface area contributed by atoms with Gasteiger partial charge >= 0.3 is 12.2 Å². The number of nitrogens with one attached hydrogen (secondary N) is 2. The largest absolute Gasteiger partial charge is 0.444 e. The number of carbonyl (C=O) groups is 2. The molecule has 16 heteroatoms. The highest BCUT2D eigenvalue weighted by Gasteiger charge is 2.20. The summed E-state index contributed by atoms with van der Waals surface area (Å²) in [6.07, 6.45) is 3.91. The van der Waals surface area contributed by atoms with Crippen molar-refractivity contribution in [3.63, 3.8) is 0 Å². The Morgan fingerprint density at radius 1 is 0.826 bits per heavy atom. The van der Waals surface area contributed by atoms with E-state index in [1.54, 1.807) is 12.4 Å². The summed E-state index contributed by atoms with van der Waals surface area (Å²) in [7, 11) is 0. The highest BCUT2D eigenvalue weighted by Crippen LogP contribution is 2.29. The normalized spacial score (nSPS) is 13.1. The first-order valence-corrected chi connectivity index (χ1v) is 16.7. The molecule has 0 unspecified atom stereocenters. The molecule has 46 heavy (non-hydrogen) atoms. The van der Waals surface area contributed by atoms with Crippen LogP contribution in [-0.4, -0.2) is 65.0 Å². The molecule has 4 aromatic rings. The van der Waals surface area contributed by atoms with E-state index in [0.29, 0.717) is 46.1 Å². The average Bonchev–Trinajstić information content (AvgIpc) is 3.41. The second-order valence-electron chi connectivity index (χ2n) is 12.8. The predicted octanol–water partition coefficient (Wildman–Crippen LogP) is 7.23. The summed E-state index contributed by atoms with van der Waals surface area (Å²) >= 11 is 12.9. The number of hydrogen-bond acceptors (Lipinski definition) is 9. The van der Waals surface area contributed by atoms with Crippen molar-refractivity contribution >= 4 is 83.3 Å². The molecule has 13 nitrogen and oxygen atoms in total. The molecule has 0 spiro atoms. The third-order valence-corrected chi connectivity index (χ3v) is 7.70. The molecule has 4 rings (SSSR count). The number of amides is 2. The van der Waals surface area contributed by atoms with Gasteiger partial charge in [0.1, 0.15) is 31.4 Å². The number of anilines is 1. The lowest BCUT2D eigenvalue weighted by molar-refractivity contribution is 0.0493. The van der Waals surface area contributed by atoms with Crippen molar-refractivity contribution in [3.8, 4) is 0 Å². The summed E-state index contributed by atoms with van der Waals surface area (Å²) in [4.78, 5) is 31.6. The van der Waals surface area contributed by atoms with Crippen LogP contribution in [0.2, 0.25) is 5.15 Å². The topological polar surface area (TPSA) is 164 Å². The molecule has 2 atom stereocenters. The van der Waals surface area contributed by atoms with Gasteiger partial charge in [0.15, 0.2) is 0 Å². The van der Waals surface area contributed by atoms with Crippen molar-refractivity contribution < 1.29 is 19.1 Å². The molecule has 0 aliphatic heterocycles. The van der Waals surface area contributed by atoms with Crippen LogP contribution in [0.4, 0.5) is 15.4 Å². The van der Waals surface area contributed by atoms with E-state index < -0.39 is 23.4 Å². The zero-order valence-corrected chi connectivity index (χ0v) is 31.2. The number of nitrogens with two attached hydrogens (primary N) is 1. The van der Waals surface area contributed by atoms with Crippen molar-refractivity contribution in [2.75, 3.05) is 5.73 Å². The number of rotatable bonds is 8. The minimum absolute atomic E-state index is 0.0398. The zero-order chi connectivity index (χ0) is 34.4. The summed E-state index contributed by atoms with van der Waals surface area (Å²) in [5.41, 5.74) is 6.69. The molecule has 0 aliphatic rings. The number of alkyl carbamates (subject to hydrolysis) is 2. The van der Waals surface area contributed by atoms with Gasteiger partial charge in [0.2, 0.25) is 0 Å². The molecule has 252 valence electrons. The van der Waals surface area contributed by atoms with E-state index in [2.05, 4.69) is 62.7 Å². The molecule has 4 aromatic heterocycles. The van der Waals surface area contributed by atoms with E-state index in [0.717, 1.165) is 21.8 Å². The number of ether oxygens (including phenoxy) is 2. The number of nitrogen functional groups attached to an aromatic ring is 1. The molecular formula is C30H42Br2ClN9O4. The number of aryl methyl sites for hydroxylation is 2. The van der Waals surface area contributed by atoms with E-state index in [1.807, 2.05) is 76.9 Å². The predicted molar refractivity (Wildman–Crippen MR) is 187 cm³/mol. The summed E-state index contributed by atoms with van der Waals surface area (Å²) in [5, 5.41) is 16.5. The fraction of sp³-hybridized carbons (Fsp3) is 0.533. The van der Waals surface area contributed by atoms with Crippen molar-refractivity contribution in [1.29, 1.82) is 0 Å². The highest BCUT2D eigenvalue weighted by molar-refractivity contribution is 9.10. The molecule has 0 radical (unpaired) electrons. The third kappa shape index (κ3) is 11.0. The molecule has 0 fully saturated rings. The number of hydrogen-bond donors (Lipinski definition) is 3. The van der Waals surface area contributed by atoms with Crippen LogP contribution in [0.1, 0.15) is 68.2 Å². The Hall–Kier alpha value is -3.17. The number of carbonyl (C=O) groups excluding carboxylic acids is 2. The molecule has 0 aromatic carbocycles. The lowest BCUT2D eigenvalue weighted by atomic mass is 10.2. The summed E-state index contributed by atoms with van der Waals surface area (Å²) in [5.74, 6) is 0.445. The van der Waals surface area contributed by atoms with E-state index in [-0.39, 0.29) is 12.1 Å². The van der Waals surface area contributed by atoms with Gasteiger partial charge in [0, 0.05) is 37.6 Å². The standard InChI is InChI=1S/C15H20BrClN4O2.C15H22BrN5O2/c2*1-9(19-14(22)23-15(2,3)4)6-8-21-10-5-7-18-13(17)11(10)12(16)20-21/h5,7,9H,6,8H2,1-4H3,(H,19,22);5,7,9H,6,8H2,1-4H3,(H2,17,18)(H,19,22)/t2*9-/m11/s1. The molecule has 4 heterocycles. The monoisotopic (exact) mass is 785 g/mol. The van der Waals surface area contributed by atoms with Crippen LogP contribution in [-0.2, 0) is 22.6 Å². The summed E-state index contributed by atoms with van der Waals surface area (Å²) in [6, 6.07) is 3.66. The number of fused-ring (bicyclic) bond motifs is 2. The van der Waals surface area contributed by atoms with Gasteiger partial charge in [-0.25, -0.2) is 19.6 Å². The maximum atomic E-state index is 11.8. The van der Waals surface area contributed by atoms with E-state index >= 15 is 0 Å². The molecule has 4 N–H and O–H groups in total. The fourth-order valence-electron chi connectivity index (χ4n) is 4.28. The number of nitrogens with zero attached hydrogens (tertiary/aromatic N) is 6. The number of halogens is 3. The van der Waals surface area contributed by atoms with Gasteiger partial charge in [-0.05, 0) is 112 Å². The average molecular weight is 788 g/mol. The molecule has 0 aliphatic carbocycles. The fourth-order valence-corrected chi connectivity index (χ4v) is 5.82. The third-order valence-electron chi connectivity index (χ3n) is 6.30. The quantitative estimate of drug-likeness (QED) is 0.156. The minimum atomic E-state index is -0.503. The second kappa shape index (κ2) is 15.6. The Labute approximate surface area is 290 Å². The molecule has 2 amide bonds. The Kier molecular flexibility index (Phi) is 12.7. The minimum Gasteiger partial charge on any atom is -0.444 e. The van der Waals surface area contributed by atoms with Crippen molar-refractivity contribution in [3.05, 3.63) is 38.9 Å². The Bertz CT molecular complexity index is 1540. The van der Waals surface area contributed by atoms with E-state index in [9.17, 15) is 9.59 Å². The van der Waals surface area contributed by atoms with Gasteiger partial charge in [-0.2, -0.15) is 10.2 Å². The van der Waals surface area contributed by atoms with Crippen LogP contribution in [0, 0.1) is 0 Å². The Balaban J connectivity index is 0.000000250. The Morgan fingerprint density at radius 2 is 1.24 bits per heavy atom. The first-order valence-electron chi connectivity index (χ1n) is 14.8. The van der Waals surface area contributed by atoms with Crippen LogP contribution in [0.25, 0.3) is 21.8 Å². The lowest BCUT2D eigenvalue weighted by Crippen LogP contribution is -2.38. The SMILES string of the molecule is C[C@H](CCn1nc(Br)c2c(Cl)nccc21)NC(=O)OC(C)(C)C.C[C@H](CCn1nc(Br)c2c(N)nccc21)NC(=O)OC(C)(C)C. The molecule has 0 saturated heterocycles. The number of aromatic nitrogens is 6. The first kappa shape index (κ1) is 37.3. The summed E-state index contributed by atoms with van der Waals surface area (Å²) < 4.78 is 15.5. The zero-order valence-electron chi connectivity index (χ0n) is 27.3. The van der Waals surface area contributed by atoms with E-state index in [1.165, 1.54) is 0 Å². The van der Waals surface area contributed by atoms with Gasteiger partial charge in [-0.15, -0.1) is 0 Å². The highest BCUT2D eigenvalue weighted by atomic mass is 79.9. The van der Waals surface area contributed by atoms with Gasteiger partial charge < -0.3 is 25.8 Å². The van der Waals surface area contributed by atoms with Crippen molar-refractivity contribution in [2.24, 2.45) is 0 Å². The molecule has 0 saturated carbocycles. The molecular weight excluding hydrogens is 746 g/mol. The second-order valence-corrected chi connectivity index (χ2v) is 14.6.